The molecule has 0 spiro atoms. The van der Waals surface area contributed by atoms with Crippen molar-refractivity contribution in [3.05, 3.63) is 59.3 Å². The van der Waals surface area contributed by atoms with Crippen LogP contribution in [0.1, 0.15) is 87.0 Å². The Labute approximate surface area is 146 Å². The smallest absolute Gasteiger partial charge is 0.0175 e. The van der Waals surface area contributed by atoms with Crippen LogP contribution in [0.25, 0.3) is 0 Å². The quantitative estimate of drug-likeness (QED) is 0.228. The zero-order chi connectivity index (χ0) is 18.4. The van der Waals surface area contributed by atoms with Crippen molar-refractivity contribution < 1.29 is 0 Å². The Hall–Kier alpha value is -1.30. The topological polar surface area (TPSA) is 0 Å². The summed E-state index contributed by atoms with van der Waals surface area (Å²) in [6.45, 7) is 26.7. The molecule has 0 nitrogen and oxygen atoms in total. The Bertz CT molecular complexity index is 437. The van der Waals surface area contributed by atoms with Crippen LogP contribution in [0.4, 0.5) is 0 Å². The first-order chi connectivity index (χ1) is 10.7. The molecule has 0 rings (SSSR count). The zero-order valence-corrected chi connectivity index (χ0v) is 16.9. The minimum absolute atomic E-state index is 1.10. The van der Waals surface area contributed by atoms with Gasteiger partial charge in [0.2, 0.25) is 0 Å². The molecule has 0 aromatic carbocycles. The summed E-state index contributed by atoms with van der Waals surface area (Å²) >= 11 is 0. The molecule has 0 atom stereocenters. The van der Waals surface area contributed by atoms with Crippen LogP contribution in [0.2, 0.25) is 0 Å². The maximum atomic E-state index is 4.29. The van der Waals surface area contributed by atoms with Crippen LogP contribution in [0.3, 0.4) is 0 Å². The monoisotopic (exact) mass is 316 g/mol. The van der Waals surface area contributed by atoms with E-state index in [1.165, 1.54) is 60.0 Å². The number of hydrogen-bond donors (Lipinski definition) is 0. The summed E-state index contributed by atoms with van der Waals surface area (Å²) < 4.78 is 0. The molecule has 0 aliphatic carbocycles. The van der Waals surface area contributed by atoms with Crippen LogP contribution in [-0.4, -0.2) is 0 Å². The van der Waals surface area contributed by atoms with E-state index in [0.717, 1.165) is 12.0 Å². The molecule has 0 unspecified atom stereocenters. The molecule has 0 saturated carbocycles. The Morgan fingerprint density at radius 1 is 0.826 bits per heavy atom. The molecular formula is C23H40. The van der Waals surface area contributed by atoms with Gasteiger partial charge in [0.1, 0.15) is 0 Å². The van der Waals surface area contributed by atoms with Gasteiger partial charge in [0.05, 0.1) is 0 Å². The highest BCUT2D eigenvalue weighted by Gasteiger charge is 2.09. The number of unbranched alkanes of at least 4 members (excludes halogenated alkanes) is 4. The molecular weight excluding hydrogens is 276 g/mol. The summed E-state index contributed by atoms with van der Waals surface area (Å²) in [6.07, 6.45) is 9.83. The largest absolute Gasteiger partial charge is 0.100 e. The SMILES string of the molecule is C=C(C)/C(C(=C)CCCCCCC)=C(C)\C(C)=C\C.C=C(C)C. The number of allylic oxidation sites excluding steroid dienone is 7. The van der Waals surface area contributed by atoms with Crippen LogP contribution in [0.15, 0.2) is 59.3 Å². The molecule has 0 aliphatic heterocycles. The van der Waals surface area contributed by atoms with E-state index in [1.807, 2.05) is 13.8 Å². The Morgan fingerprint density at radius 2 is 1.30 bits per heavy atom. The van der Waals surface area contributed by atoms with E-state index in [1.54, 1.807) is 0 Å². The van der Waals surface area contributed by atoms with Gasteiger partial charge in [-0.2, -0.15) is 0 Å². The summed E-state index contributed by atoms with van der Waals surface area (Å²) in [5.41, 5.74) is 7.49. The fraction of sp³-hybridized carbons (Fsp3) is 0.565. The maximum absolute atomic E-state index is 4.29. The van der Waals surface area contributed by atoms with Gasteiger partial charge in [-0.25, -0.2) is 0 Å². The first-order valence-corrected chi connectivity index (χ1v) is 8.99. The van der Waals surface area contributed by atoms with Gasteiger partial charge in [-0.05, 0) is 71.1 Å². The highest BCUT2D eigenvalue weighted by Crippen LogP contribution is 2.28. The molecule has 0 N–H and O–H groups in total. The summed E-state index contributed by atoms with van der Waals surface area (Å²) in [6, 6.07) is 0. The molecule has 0 radical (unpaired) electrons. The highest BCUT2D eigenvalue weighted by atomic mass is 14.1. The van der Waals surface area contributed by atoms with Crippen molar-refractivity contribution in [3.8, 4) is 0 Å². The Kier molecular flexibility index (Phi) is 14.9. The fourth-order valence-corrected chi connectivity index (χ4v) is 2.37. The van der Waals surface area contributed by atoms with Gasteiger partial charge in [-0.1, -0.05) is 68.6 Å². The zero-order valence-electron chi connectivity index (χ0n) is 16.9. The van der Waals surface area contributed by atoms with Crippen LogP contribution in [-0.2, 0) is 0 Å². The first kappa shape index (κ1) is 24.0. The minimum atomic E-state index is 1.10. The van der Waals surface area contributed by atoms with Gasteiger partial charge < -0.3 is 0 Å². The molecule has 0 aromatic rings. The van der Waals surface area contributed by atoms with Gasteiger partial charge in [0.15, 0.2) is 0 Å². The second-order valence-corrected chi connectivity index (χ2v) is 6.73. The maximum Gasteiger partial charge on any atom is -0.0175 e. The van der Waals surface area contributed by atoms with E-state index < -0.39 is 0 Å². The van der Waals surface area contributed by atoms with Crippen molar-refractivity contribution in [2.24, 2.45) is 0 Å². The van der Waals surface area contributed by atoms with Gasteiger partial charge in [-0.15, -0.1) is 6.58 Å². The Balaban J connectivity index is 0. The van der Waals surface area contributed by atoms with Crippen molar-refractivity contribution in [2.45, 2.75) is 87.0 Å². The van der Waals surface area contributed by atoms with E-state index >= 15 is 0 Å². The van der Waals surface area contributed by atoms with Gasteiger partial charge >= 0.3 is 0 Å². The fourth-order valence-electron chi connectivity index (χ4n) is 2.37. The van der Waals surface area contributed by atoms with Crippen molar-refractivity contribution in [1.82, 2.24) is 0 Å². The summed E-state index contributed by atoms with van der Waals surface area (Å²) in [4.78, 5) is 0. The average molecular weight is 317 g/mol. The lowest BCUT2D eigenvalue weighted by molar-refractivity contribution is 0.632. The molecule has 23 heavy (non-hydrogen) atoms. The van der Waals surface area contributed by atoms with Crippen molar-refractivity contribution in [3.63, 3.8) is 0 Å². The summed E-state index contributed by atoms with van der Waals surface area (Å²) in [5, 5.41) is 0. The van der Waals surface area contributed by atoms with Gasteiger partial charge in [0, 0.05) is 0 Å². The lowest BCUT2D eigenvalue weighted by Gasteiger charge is -2.16. The molecule has 0 saturated heterocycles. The van der Waals surface area contributed by atoms with Crippen molar-refractivity contribution >= 4 is 0 Å². The molecule has 0 amide bonds. The summed E-state index contributed by atoms with van der Waals surface area (Å²) in [5.74, 6) is 0. The lowest BCUT2D eigenvalue weighted by Crippen LogP contribution is -1.96. The standard InChI is InChI=1S/C19H32.C4H8/c1-8-10-11-12-13-14-17(6)19(15(3)4)18(7)16(5)9-2;1-4(2)3/h9H,3,6,8,10-14H2,1-2,4-5,7H3;1H2,2-3H3/b16-9+,19-18+;. The average Bonchev–Trinajstić information content (AvgIpc) is 2.45. The van der Waals surface area contributed by atoms with E-state index in [2.05, 4.69) is 60.4 Å². The molecule has 0 heteroatoms. The highest BCUT2D eigenvalue weighted by molar-refractivity contribution is 5.51. The lowest BCUT2D eigenvalue weighted by atomic mass is 9.89. The van der Waals surface area contributed by atoms with E-state index in [9.17, 15) is 0 Å². The van der Waals surface area contributed by atoms with E-state index in [-0.39, 0.29) is 0 Å². The van der Waals surface area contributed by atoms with Crippen LogP contribution in [0.5, 0.6) is 0 Å². The molecule has 0 fully saturated rings. The van der Waals surface area contributed by atoms with E-state index in [0.29, 0.717) is 0 Å². The molecule has 0 bridgehead atoms. The van der Waals surface area contributed by atoms with E-state index in [4.69, 9.17) is 0 Å². The summed E-state index contributed by atoms with van der Waals surface area (Å²) in [7, 11) is 0. The molecule has 0 aliphatic rings. The third kappa shape index (κ3) is 12.9. The number of hydrogen-bond acceptors (Lipinski definition) is 0. The van der Waals surface area contributed by atoms with Crippen molar-refractivity contribution in [1.29, 1.82) is 0 Å². The third-order valence-electron chi connectivity index (χ3n) is 3.76. The predicted octanol–water partition coefficient (Wildman–Crippen LogP) is 8.34. The first-order valence-electron chi connectivity index (χ1n) is 8.99. The third-order valence-corrected chi connectivity index (χ3v) is 3.76. The van der Waals surface area contributed by atoms with Gasteiger partial charge in [-0.3, -0.25) is 0 Å². The normalized spacial score (nSPS) is 12.0. The van der Waals surface area contributed by atoms with Crippen LogP contribution in [0, 0.1) is 0 Å². The Morgan fingerprint density at radius 3 is 1.70 bits per heavy atom. The molecule has 0 aromatic heterocycles. The second kappa shape index (κ2) is 14.3. The predicted molar refractivity (Wildman–Crippen MR) is 110 cm³/mol. The molecule has 0 heterocycles. The minimum Gasteiger partial charge on any atom is -0.100 e. The van der Waals surface area contributed by atoms with Crippen LogP contribution >= 0.6 is 0 Å². The van der Waals surface area contributed by atoms with Crippen molar-refractivity contribution in [2.75, 3.05) is 0 Å². The molecule has 132 valence electrons. The van der Waals surface area contributed by atoms with Gasteiger partial charge in [0.25, 0.3) is 0 Å². The van der Waals surface area contributed by atoms with Crippen LogP contribution < -0.4 is 0 Å². The number of rotatable bonds is 9. The second-order valence-electron chi connectivity index (χ2n) is 6.73.